The fourth-order valence-corrected chi connectivity index (χ4v) is 6.44. The standard InChI is InChI=1S/C26H25N7O2SSi/c1-15(2)33-6-7-37-26(25(33)34)35-21-9-16(17-11-30-32(3)12-17)8-20-23(21)24(28-13-27-20)31-18-4-5-19-22(10-18)36-14-29-19/h4-5,8-15,26H,6-7H2,1-3H3,(H,27,28,31)/t26-/m0/s1. The summed E-state index contributed by atoms with van der Waals surface area (Å²) < 4.78 is 9.38. The third-order valence-corrected chi connectivity index (χ3v) is 8.43. The zero-order valence-corrected chi connectivity index (χ0v) is 22.5. The summed E-state index contributed by atoms with van der Waals surface area (Å²) in [6.45, 7) is 4.84. The van der Waals surface area contributed by atoms with E-state index in [2.05, 4.69) is 31.4 Å². The number of thiazole rings is 1. The number of aromatic nitrogens is 5. The molecule has 1 fully saturated rings. The first-order valence-electron chi connectivity index (χ1n) is 12.0. The van der Waals surface area contributed by atoms with E-state index in [4.69, 9.17) is 4.74 Å². The molecule has 6 rings (SSSR count). The van der Waals surface area contributed by atoms with Gasteiger partial charge in [0.25, 0.3) is 5.91 Å². The SMILES string of the molecule is CC(C)N1CC[Si][C@H](Oc2cc(-c3cnn(C)c3)cc3ncnc(Nc4ccc5ncsc5c4)c23)C1=O. The summed E-state index contributed by atoms with van der Waals surface area (Å²) in [4.78, 5) is 28.7. The minimum Gasteiger partial charge on any atom is -0.484 e. The second-order valence-corrected chi connectivity index (χ2v) is 11.5. The fourth-order valence-electron chi connectivity index (χ4n) is 4.54. The highest BCUT2D eigenvalue weighted by Gasteiger charge is 2.33. The van der Waals surface area contributed by atoms with E-state index in [0.29, 0.717) is 21.1 Å². The van der Waals surface area contributed by atoms with E-state index in [1.54, 1.807) is 22.3 Å². The van der Waals surface area contributed by atoms with Crippen LogP contribution in [-0.4, -0.2) is 63.4 Å². The highest BCUT2D eigenvalue weighted by molar-refractivity contribution is 7.16. The van der Waals surface area contributed by atoms with E-state index in [0.717, 1.165) is 50.5 Å². The van der Waals surface area contributed by atoms with Crippen LogP contribution in [0.15, 0.2) is 54.6 Å². The number of aryl methyl sites for hydroxylation is 1. The fraction of sp³-hybridized carbons (Fsp3) is 0.269. The molecule has 1 N–H and O–H groups in total. The van der Waals surface area contributed by atoms with Crippen LogP contribution in [0.4, 0.5) is 11.5 Å². The number of amides is 1. The number of fused-ring (bicyclic) bond motifs is 2. The van der Waals surface area contributed by atoms with E-state index in [1.165, 1.54) is 0 Å². The van der Waals surface area contributed by atoms with Gasteiger partial charge in [-0.15, -0.1) is 11.3 Å². The Balaban J connectivity index is 1.45. The molecule has 0 unspecified atom stereocenters. The summed E-state index contributed by atoms with van der Waals surface area (Å²) in [6, 6.07) is 11.0. The monoisotopic (exact) mass is 527 g/mol. The summed E-state index contributed by atoms with van der Waals surface area (Å²) in [5, 5.41) is 8.50. The number of benzene rings is 2. The lowest BCUT2D eigenvalue weighted by Crippen LogP contribution is -2.52. The van der Waals surface area contributed by atoms with Gasteiger partial charge in [-0.3, -0.25) is 9.48 Å². The quantitative estimate of drug-likeness (QED) is 0.326. The number of carbonyl (C=O) groups excluding carboxylic acids is 1. The van der Waals surface area contributed by atoms with Gasteiger partial charge in [0.1, 0.15) is 27.4 Å². The first-order valence-corrected chi connectivity index (χ1v) is 14.2. The van der Waals surface area contributed by atoms with Crippen molar-refractivity contribution in [3.05, 3.63) is 54.6 Å². The summed E-state index contributed by atoms with van der Waals surface area (Å²) in [6.07, 6.45) is 5.30. The Morgan fingerprint density at radius 2 is 2.03 bits per heavy atom. The Bertz CT molecular complexity index is 1620. The first kappa shape index (κ1) is 23.6. The van der Waals surface area contributed by atoms with Gasteiger partial charge in [0.05, 0.1) is 32.8 Å². The van der Waals surface area contributed by atoms with Gasteiger partial charge < -0.3 is 15.0 Å². The Kier molecular flexibility index (Phi) is 6.09. The van der Waals surface area contributed by atoms with Crippen molar-refractivity contribution in [2.24, 2.45) is 7.05 Å². The number of nitrogens with one attached hydrogen (secondary N) is 1. The molecular formula is C26H25N7O2SSi. The number of nitrogens with zero attached hydrogens (tertiary/aromatic N) is 6. The lowest BCUT2D eigenvalue weighted by atomic mass is 10.1. The van der Waals surface area contributed by atoms with Crippen LogP contribution in [0.1, 0.15) is 13.8 Å². The number of rotatable bonds is 6. The van der Waals surface area contributed by atoms with Crippen LogP contribution in [0.25, 0.3) is 32.2 Å². The molecule has 1 atom stereocenters. The van der Waals surface area contributed by atoms with Crippen LogP contribution in [0.5, 0.6) is 5.75 Å². The predicted octanol–water partition coefficient (Wildman–Crippen LogP) is 4.46. The summed E-state index contributed by atoms with van der Waals surface area (Å²) in [7, 11) is 2.27. The number of hydrogen-bond donors (Lipinski definition) is 1. The molecule has 37 heavy (non-hydrogen) atoms. The van der Waals surface area contributed by atoms with E-state index in [1.807, 2.05) is 68.0 Å². The molecule has 0 saturated carbocycles. The molecule has 0 bridgehead atoms. The minimum absolute atomic E-state index is 0.0292. The molecule has 186 valence electrons. The van der Waals surface area contributed by atoms with Crippen LogP contribution < -0.4 is 10.1 Å². The molecule has 1 saturated heterocycles. The van der Waals surface area contributed by atoms with Gasteiger partial charge in [-0.25, -0.2) is 15.0 Å². The highest BCUT2D eigenvalue weighted by atomic mass is 32.1. The lowest BCUT2D eigenvalue weighted by molar-refractivity contribution is -0.137. The Labute approximate surface area is 220 Å². The molecule has 5 aromatic rings. The molecule has 0 aliphatic carbocycles. The van der Waals surface area contributed by atoms with Crippen LogP contribution in [0, 0.1) is 0 Å². The Morgan fingerprint density at radius 3 is 2.84 bits per heavy atom. The van der Waals surface area contributed by atoms with E-state index < -0.39 is 5.73 Å². The van der Waals surface area contributed by atoms with Crippen LogP contribution in [0.3, 0.4) is 0 Å². The van der Waals surface area contributed by atoms with E-state index in [-0.39, 0.29) is 11.9 Å². The number of carbonyl (C=O) groups is 1. The topological polar surface area (TPSA) is 98.1 Å². The van der Waals surface area contributed by atoms with Crippen molar-refractivity contribution in [2.45, 2.75) is 31.7 Å². The van der Waals surface area contributed by atoms with Crippen LogP contribution in [0.2, 0.25) is 6.04 Å². The van der Waals surface area contributed by atoms with E-state index >= 15 is 0 Å². The maximum atomic E-state index is 13.3. The maximum Gasteiger partial charge on any atom is 0.259 e. The van der Waals surface area contributed by atoms with E-state index in [9.17, 15) is 4.79 Å². The summed E-state index contributed by atoms with van der Waals surface area (Å²) >= 11 is 1.59. The normalized spacial score (nSPS) is 16.2. The molecule has 2 radical (unpaired) electrons. The van der Waals surface area contributed by atoms with Gasteiger partial charge in [0.2, 0.25) is 0 Å². The summed E-state index contributed by atoms with van der Waals surface area (Å²) in [5.74, 6) is 1.23. The van der Waals surface area contributed by atoms with Crippen molar-refractivity contribution in [1.82, 2.24) is 29.6 Å². The zero-order chi connectivity index (χ0) is 25.5. The first-order chi connectivity index (χ1) is 18.0. The van der Waals surface area contributed by atoms with Crippen molar-refractivity contribution < 1.29 is 9.53 Å². The molecule has 11 heteroatoms. The van der Waals surface area contributed by atoms with Crippen molar-refractivity contribution in [3.63, 3.8) is 0 Å². The Morgan fingerprint density at radius 1 is 1.14 bits per heavy atom. The molecule has 2 aromatic carbocycles. The van der Waals surface area contributed by atoms with Gasteiger partial charge in [0, 0.05) is 37.1 Å². The third-order valence-electron chi connectivity index (χ3n) is 6.39. The third kappa shape index (κ3) is 4.55. The second-order valence-electron chi connectivity index (χ2n) is 9.23. The van der Waals surface area contributed by atoms with Gasteiger partial charge in [-0.05, 0) is 55.8 Å². The number of anilines is 2. The molecule has 0 spiro atoms. The molecule has 3 aromatic heterocycles. The van der Waals surface area contributed by atoms with Crippen molar-refractivity contribution >= 4 is 59.4 Å². The molecule has 1 amide bonds. The second kappa shape index (κ2) is 9.56. The largest absolute Gasteiger partial charge is 0.484 e. The van der Waals surface area contributed by atoms with Gasteiger partial charge >= 0.3 is 0 Å². The lowest BCUT2D eigenvalue weighted by Gasteiger charge is -2.35. The van der Waals surface area contributed by atoms with Gasteiger partial charge in [-0.1, -0.05) is 0 Å². The zero-order valence-electron chi connectivity index (χ0n) is 20.7. The smallest absolute Gasteiger partial charge is 0.259 e. The number of ether oxygens (including phenoxy) is 1. The van der Waals surface area contributed by atoms with Crippen molar-refractivity contribution in [1.29, 1.82) is 0 Å². The van der Waals surface area contributed by atoms with Crippen LogP contribution >= 0.6 is 11.3 Å². The van der Waals surface area contributed by atoms with Gasteiger partial charge in [-0.2, -0.15) is 5.10 Å². The van der Waals surface area contributed by atoms with Crippen molar-refractivity contribution in [3.8, 4) is 16.9 Å². The van der Waals surface area contributed by atoms with Crippen LogP contribution in [-0.2, 0) is 11.8 Å². The average Bonchev–Trinajstić information content (AvgIpc) is 3.53. The molecule has 4 heterocycles. The Hall–Kier alpha value is -3.83. The molecule has 9 nitrogen and oxygen atoms in total. The minimum atomic E-state index is -0.537. The molecule has 1 aliphatic heterocycles. The highest BCUT2D eigenvalue weighted by Crippen LogP contribution is 2.37. The number of hydrogen-bond acceptors (Lipinski definition) is 8. The molecule has 1 aliphatic rings. The van der Waals surface area contributed by atoms with Crippen molar-refractivity contribution in [2.75, 3.05) is 11.9 Å². The average molecular weight is 528 g/mol. The van der Waals surface area contributed by atoms with Gasteiger partial charge in [0.15, 0.2) is 5.73 Å². The predicted molar refractivity (Wildman–Crippen MR) is 146 cm³/mol. The molecular weight excluding hydrogens is 502 g/mol. The summed E-state index contributed by atoms with van der Waals surface area (Å²) in [5.41, 5.74) is 5.73. The maximum absolute atomic E-state index is 13.3.